The van der Waals surface area contributed by atoms with Gasteiger partial charge in [-0.3, -0.25) is 19.3 Å². The second-order valence-electron chi connectivity index (χ2n) is 9.65. The molecule has 3 fully saturated rings. The Morgan fingerprint density at radius 3 is 2.30 bits per heavy atom. The summed E-state index contributed by atoms with van der Waals surface area (Å²) in [5.74, 6) is -0.918. The molecule has 8 heteroatoms. The maximum Gasteiger partial charge on any atom is 0.304 e. The van der Waals surface area contributed by atoms with Crippen LogP contribution in [-0.2, 0) is 14.4 Å². The third-order valence-electron chi connectivity index (χ3n) is 7.35. The predicted octanol–water partition coefficient (Wildman–Crippen LogP) is 3.43. The van der Waals surface area contributed by atoms with Crippen LogP contribution in [0.2, 0.25) is 5.02 Å². The Morgan fingerprint density at radius 1 is 1.06 bits per heavy atom. The first-order chi connectivity index (χ1) is 15.9. The van der Waals surface area contributed by atoms with E-state index in [2.05, 4.69) is 11.8 Å². The van der Waals surface area contributed by atoms with Crippen molar-refractivity contribution in [3.63, 3.8) is 0 Å². The summed E-state index contributed by atoms with van der Waals surface area (Å²) >= 11 is 6.09. The van der Waals surface area contributed by atoms with Crippen LogP contribution in [0.4, 0.5) is 0 Å². The molecule has 33 heavy (non-hydrogen) atoms. The highest BCUT2D eigenvalue weighted by Gasteiger charge is 2.41. The highest BCUT2D eigenvalue weighted by Crippen LogP contribution is 2.38. The molecule has 0 bridgehead atoms. The van der Waals surface area contributed by atoms with Crippen molar-refractivity contribution in [1.82, 2.24) is 14.7 Å². The number of carbonyl (C=O) groups is 3. The Balaban J connectivity index is 1.48. The first kappa shape index (κ1) is 24.0. The number of piperidine rings is 1. The second-order valence-corrected chi connectivity index (χ2v) is 10.1. The van der Waals surface area contributed by atoms with Crippen molar-refractivity contribution in [3.8, 4) is 0 Å². The molecular formula is C25H34ClN3O4. The van der Waals surface area contributed by atoms with Gasteiger partial charge in [0.1, 0.15) is 0 Å². The minimum absolute atomic E-state index is 0.0135. The van der Waals surface area contributed by atoms with Gasteiger partial charge in [0.05, 0.1) is 12.5 Å². The first-order valence-corrected chi connectivity index (χ1v) is 12.6. The van der Waals surface area contributed by atoms with Gasteiger partial charge in [0, 0.05) is 55.6 Å². The molecule has 2 amide bonds. The molecule has 1 aromatic rings. The molecule has 1 N–H and O–H groups in total. The van der Waals surface area contributed by atoms with Gasteiger partial charge in [-0.1, -0.05) is 30.7 Å². The SMILES string of the molecule is CCC(CN1CCN(C(=O)C2CC2)CC1)N1C(=O)C(CC(=O)O)CCC1c1ccc(Cl)cc1. The molecule has 1 saturated carbocycles. The van der Waals surface area contributed by atoms with Crippen LogP contribution in [0, 0.1) is 11.8 Å². The summed E-state index contributed by atoms with van der Waals surface area (Å²) in [6.07, 6.45) is 4.03. The van der Waals surface area contributed by atoms with E-state index < -0.39 is 11.9 Å². The molecular weight excluding hydrogens is 442 g/mol. The maximum atomic E-state index is 13.5. The zero-order valence-electron chi connectivity index (χ0n) is 19.3. The molecule has 0 aromatic heterocycles. The quantitative estimate of drug-likeness (QED) is 0.623. The second kappa shape index (κ2) is 10.4. The lowest BCUT2D eigenvalue weighted by molar-refractivity contribution is -0.152. The smallest absolute Gasteiger partial charge is 0.304 e. The molecule has 0 spiro atoms. The number of rotatable bonds is 8. The van der Waals surface area contributed by atoms with Gasteiger partial charge < -0.3 is 14.9 Å². The molecule has 3 unspecified atom stereocenters. The van der Waals surface area contributed by atoms with Crippen LogP contribution in [0.3, 0.4) is 0 Å². The summed E-state index contributed by atoms with van der Waals surface area (Å²) in [5, 5.41) is 9.98. The fourth-order valence-electron chi connectivity index (χ4n) is 5.28. The van der Waals surface area contributed by atoms with Gasteiger partial charge in [-0.2, -0.15) is 0 Å². The zero-order chi connectivity index (χ0) is 23.5. The summed E-state index contributed by atoms with van der Waals surface area (Å²) in [6, 6.07) is 7.54. The number of likely N-dealkylation sites (tertiary alicyclic amines) is 1. The number of hydrogen-bond acceptors (Lipinski definition) is 4. The van der Waals surface area contributed by atoms with Gasteiger partial charge in [0.2, 0.25) is 11.8 Å². The first-order valence-electron chi connectivity index (χ1n) is 12.2. The van der Waals surface area contributed by atoms with Crippen molar-refractivity contribution < 1.29 is 19.5 Å². The Bertz CT molecular complexity index is 865. The van der Waals surface area contributed by atoms with E-state index >= 15 is 0 Å². The van der Waals surface area contributed by atoms with E-state index in [4.69, 9.17) is 11.6 Å². The van der Waals surface area contributed by atoms with Crippen LogP contribution in [0.15, 0.2) is 24.3 Å². The number of hydrogen-bond donors (Lipinski definition) is 1. The van der Waals surface area contributed by atoms with Crippen LogP contribution < -0.4 is 0 Å². The third-order valence-corrected chi connectivity index (χ3v) is 7.60. The molecule has 0 radical (unpaired) electrons. The number of carboxylic acid groups (broad SMARTS) is 1. The lowest BCUT2D eigenvalue weighted by Gasteiger charge is -2.46. The van der Waals surface area contributed by atoms with E-state index in [1.807, 2.05) is 34.1 Å². The number of carbonyl (C=O) groups excluding carboxylic acids is 2. The van der Waals surface area contributed by atoms with Gasteiger partial charge in [-0.15, -0.1) is 0 Å². The van der Waals surface area contributed by atoms with Crippen LogP contribution in [0.25, 0.3) is 0 Å². The topological polar surface area (TPSA) is 81.2 Å². The molecule has 3 aliphatic rings. The number of nitrogens with zero attached hydrogens (tertiary/aromatic N) is 3. The Kier molecular flexibility index (Phi) is 7.59. The van der Waals surface area contributed by atoms with Crippen molar-refractivity contribution in [2.75, 3.05) is 32.7 Å². The summed E-state index contributed by atoms with van der Waals surface area (Å²) in [6.45, 7) is 5.91. The molecule has 7 nitrogen and oxygen atoms in total. The van der Waals surface area contributed by atoms with Gasteiger partial charge in [-0.05, 0) is 49.8 Å². The van der Waals surface area contributed by atoms with E-state index in [1.165, 1.54) is 0 Å². The van der Waals surface area contributed by atoms with E-state index in [0.29, 0.717) is 17.4 Å². The average molecular weight is 476 g/mol. The van der Waals surface area contributed by atoms with Crippen LogP contribution in [0.5, 0.6) is 0 Å². The minimum atomic E-state index is -0.928. The van der Waals surface area contributed by atoms with Gasteiger partial charge in [0.25, 0.3) is 0 Å². The number of benzene rings is 1. The predicted molar refractivity (Wildman–Crippen MR) is 126 cm³/mol. The summed E-state index contributed by atoms with van der Waals surface area (Å²) in [4.78, 5) is 43.6. The number of halogens is 1. The standard InChI is InChI=1S/C25H34ClN3O4/c1-2-21(16-27-11-13-28(14-12-27)24(32)18-3-4-18)29-22(17-5-8-20(26)9-6-17)10-7-19(25(29)33)15-23(30)31/h5-6,8-9,18-19,21-22H,2-4,7,10-16H2,1H3,(H,30,31). The lowest BCUT2D eigenvalue weighted by Crippen LogP contribution is -2.56. The number of piperazine rings is 1. The fraction of sp³-hybridized carbons (Fsp3) is 0.640. The minimum Gasteiger partial charge on any atom is -0.481 e. The molecule has 1 aromatic carbocycles. The van der Waals surface area contributed by atoms with E-state index in [1.54, 1.807) is 0 Å². The van der Waals surface area contributed by atoms with Crippen molar-refractivity contribution in [3.05, 3.63) is 34.9 Å². The van der Waals surface area contributed by atoms with Gasteiger partial charge >= 0.3 is 5.97 Å². The largest absolute Gasteiger partial charge is 0.481 e. The highest BCUT2D eigenvalue weighted by atomic mass is 35.5. The zero-order valence-corrected chi connectivity index (χ0v) is 20.0. The number of aliphatic carboxylic acids is 1. The molecule has 2 heterocycles. The monoisotopic (exact) mass is 475 g/mol. The van der Waals surface area contributed by atoms with E-state index in [-0.39, 0.29) is 30.3 Å². The van der Waals surface area contributed by atoms with Crippen molar-refractivity contribution >= 4 is 29.4 Å². The van der Waals surface area contributed by atoms with Crippen LogP contribution in [-0.4, -0.2) is 76.4 Å². The van der Waals surface area contributed by atoms with Gasteiger partial charge in [-0.25, -0.2) is 0 Å². The lowest BCUT2D eigenvalue weighted by atomic mass is 9.85. The van der Waals surface area contributed by atoms with E-state index in [0.717, 1.165) is 64.0 Å². The molecule has 1 aliphatic carbocycles. The fourth-order valence-corrected chi connectivity index (χ4v) is 5.41. The molecule has 2 aliphatic heterocycles. The maximum absolute atomic E-state index is 13.5. The van der Waals surface area contributed by atoms with Gasteiger partial charge in [0.15, 0.2) is 0 Å². The average Bonchev–Trinajstić information content (AvgIpc) is 3.65. The summed E-state index contributed by atoms with van der Waals surface area (Å²) < 4.78 is 0. The Morgan fingerprint density at radius 2 is 1.73 bits per heavy atom. The third kappa shape index (κ3) is 5.69. The Labute approximate surface area is 200 Å². The van der Waals surface area contributed by atoms with Crippen LogP contribution >= 0.6 is 11.6 Å². The van der Waals surface area contributed by atoms with E-state index in [9.17, 15) is 19.5 Å². The van der Waals surface area contributed by atoms with Crippen molar-refractivity contribution in [2.24, 2.45) is 11.8 Å². The normalized spacial score (nSPS) is 25.2. The van der Waals surface area contributed by atoms with Crippen molar-refractivity contribution in [1.29, 1.82) is 0 Å². The number of amides is 2. The molecule has 3 atom stereocenters. The van der Waals surface area contributed by atoms with Crippen LogP contribution in [0.1, 0.15) is 57.1 Å². The van der Waals surface area contributed by atoms with Crippen molar-refractivity contribution in [2.45, 2.75) is 57.5 Å². The highest BCUT2D eigenvalue weighted by molar-refractivity contribution is 6.30. The molecule has 2 saturated heterocycles. The summed E-state index contributed by atoms with van der Waals surface area (Å²) in [7, 11) is 0. The molecule has 4 rings (SSSR count). The summed E-state index contributed by atoms with van der Waals surface area (Å²) in [5.41, 5.74) is 1.04. The Hall–Kier alpha value is -2.12. The molecule has 180 valence electrons. The number of carboxylic acids is 1.